The summed E-state index contributed by atoms with van der Waals surface area (Å²) >= 11 is 5.01. The Balaban J connectivity index is 2.09. The lowest BCUT2D eigenvalue weighted by Crippen LogP contribution is -2.44. The highest BCUT2D eigenvalue weighted by Gasteiger charge is 2.06. The number of anilines is 1. The normalized spacial score (nSPS) is 9.82. The summed E-state index contributed by atoms with van der Waals surface area (Å²) in [6, 6.07) is 6.63. The van der Waals surface area contributed by atoms with Crippen LogP contribution in [0.4, 0.5) is 5.69 Å². The van der Waals surface area contributed by atoms with E-state index in [0.717, 1.165) is 10.9 Å². The van der Waals surface area contributed by atoms with Crippen molar-refractivity contribution in [3.63, 3.8) is 0 Å². The van der Waals surface area contributed by atoms with E-state index in [1.54, 1.807) is 18.2 Å². The van der Waals surface area contributed by atoms with E-state index in [1.165, 1.54) is 6.07 Å². The van der Waals surface area contributed by atoms with E-state index in [2.05, 4.69) is 21.0 Å². The first kappa shape index (κ1) is 15.5. The fourth-order valence-electron chi connectivity index (χ4n) is 1.80. The molecule has 0 fully saturated rings. The molecular weight excluding hydrogens is 304 g/mol. The van der Waals surface area contributed by atoms with Gasteiger partial charge in [-0.05, 0) is 36.8 Å². The third-order valence-corrected chi connectivity index (χ3v) is 2.95. The lowest BCUT2D eigenvalue weighted by atomic mass is 10.1. The van der Waals surface area contributed by atoms with Gasteiger partial charge in [-0.2, -0.15) is 0 Å². The first-order valence-electron chi connectivity index (χ1n) is 6.23. The van der Waals surface area contributed by atoms with Gasteiger partial charge >= 0.3 is 11.5 Å². The van der Waals surface area contributed by atoms with Crippen molar-refractivity contribution in [2.75, 3.05) is 11.9 Å². The number of carbonyl (C=O) groups excluding carboxylic acids is 1. The molecule has 0 saturated carbocycles. The number of nitrogens with zero attached hydrogens (tertiary/aromatic N) is 1. The maximum Gasteiger partial charge on any atom is 0.336 e. The minimum Gasteiger partial charge on any atom is -0.423 e. The zero-order valence-electron chi connectivity index (χ0n) is 11.6. The number of aryl methyl sites for hydroxylation is 1. The van der Waals surface area contributed by atoms with Crippen LogP contribution in [0.2, 0.25) is 0 Å². The highest BCUT2D eigenvalue weighted by atomic mass is 32.1. The molecule has 112 valence electrons. The first-order chi connectivity index (χ1) is 10.5. The van der Waals surface area contributed by atoms with Crippen LogP contribution in [0.25, 0.3) is 15.8 Å². The molecule has 0 saturated heterocycles. The molecule has 2 aromatic rings. The minimum absolute atomic E-state index is 0.146. The first-order valence-corrected chi connectivity index (χ1v) is 6.64. The van der Waals surface area contributed by atoms with Crippen LogP contribution in [-0.4, -0.2) is 17.6 Å². The Labute approximate surface area is 131 Å². The number of carbonyl (C=O) groups is 1. The molecule has 0 atom stereocenters. The van der Waals surface area contributed by atoms with Crippen LogP contribution in [0.5, 0.6) is 0 Å². The van der Waals surface area contributed by atoms with Crippen molar-refractivity contribution in [2.45, 2.75) is 6.92 Å². The van der Waals surface area contributed by atoms with E-state index in [0.29, 0.717) is 11.3 Å². The van der Waals surface area contributed by atoms with E-state index in [1.807, 2.05) is 6.92 Å². The van der Waals surface area contributed by atoms with Crippen molar-refractivity contribution < 1.29 is 9.21 Å². The zero-order valence-corrected chi connectivity index (χ0v) is 12.4. The van der Waals surface area contributed by atoms with Gasteiger partial charge in [0.1, 0.15) is 5.58 Å². The van der Waals surface area contributed by atoms with Gasteiger partial charge in [-0.1, -0.05) is 0 Å². The molecule has 1 amide bonds. The molecule has 0 radical (unpaired) electrons. The summed E-state index contributed by atoms with van der Waals surface area (Å²) in [5.41, 5.74) is 6.19. The average molecular weight is 316 g/mol. The predicted octanol–water partition coefficient (Wildman–Crippen LogP) is 1.34. The van der Waals surface area contributed by atoms with Crippen molar-refractivity contribution >= 4 is 39.9 Å². The number of hydrogen-bond acceptors (Lipinski definition) is 4. The summed E-state index contributed by atoms with van der Waals surface area (Å²) in [6.45, 7) is 8.10. The molecule has 0 spiro atoms. The number of benzene rings is 1. The number of hydrazine groups is 1. The van der Waals surface area contributed by atoms with Crippen molar-refractivity contribution in [3.8, 4) is 0 Å². The van der Waals surface area contributed by atoms with E-state index in [9.17, 15) is 9.59 Å². The van der Waals surface area contributed by atoms with Crippen molar-refractivity contribution in [1.29, 1.82) is 0 Å². The third kappa shape index (κ3) is 3.80. The van der Waals surface area contributed by atoms with Crippen LogP contribution in [0, 0.1) is 13.5 Å². The van der Waals surface area contributed by atoms with E-state index >= 15 is 0 Å². The van der Waals surface area contributed by atoms with Crippen LogP contribution in [-0.2, 0) is 4.79 Å². The second-order valence-corrected chi connectivity index (χ2v) is 4.81. The summed E-state index contributed by atoms with van der Waals surface area (Å²) in [5, 5.41) is 3.81. The fraction of sp³-hybridized carbons (Fsp3) is 0.143. The topological polar surface area (TPSA) is 87.7 Å². The minimum atomic E-state index is -0.487. The molecule has 1 aromatic carbocycles. The molecule has 0 aliphatic carbocycles. The van der Waals surface area contributed by atoms with Crippen molar-refractivity contribution in [1.82, 2.24) is 10.9 Å². The summed E-state index contributed by atoms with van der Waals surface area (Å²) in [5.74, 6) is -0.487. The van der Waals surface area contributed by atoms with Gasteiger partial charge in [-0.15, -0.1) is 0 Å². The predicted molar refractivity (Wildman–Crippen MR) is 86.2 cm³/mol. The van der Waals surface area contributed by atoms with Gasteiger partial charge in [0.05, 0.1) is 0 Å². The zero-order chi connectivity index (χ0) is 16.1. The molecule has 0 aliphatic heterocycles. The van der Waals surface area contributed by atoms with Gasteiger partial charge < -0.3 is 14.6 Å². The number of rotatable bonds is 2. The van der Waals surface area contributed by atoms with Crippen LogP contribution >= 0.6 is 12.2 Å². The van der Waals surface area contributed by atoms with E-state index in [-0.39, 0.29) is 11.7 Å². The van der Waals surface area contributed by atoms with Gasteiger partial charge in [0.2, 0.25) is 0 Å². The quantitative estimate of drug-likeness (QED) is 0.335. The molecule has 0 aliphatic rings. The summed E-state index contributed by atoms with van der Waals surface area (Å²) in [4.78, 5) is 25.4. The Morgan fingerprint density at radius 3 is 2.86 bits per heavy atom. The van der Waals surface area contributed by atoms with Crippen LogP contribution < -0.4 is 21.8 Å². The molecular formula is C14H12N4O3S. The number of thiocarbonyl (C=S) groups is 1. The Kier molecular flexibility index (Phi) is 4.70. The molecule has 1 heterocycles. The highest BCUT2D eigenvalue weighted by Crippen LogP contribution is 2.20. The number of hydrogen-bond donors (Lipinski definition) is 3. The van der Waals surface area contributed by atoms with Crippen LogP contribution in [0.1, 0.15) is 5.56 Å². The summed E-state index contributed by atoms with van der Waals surface area (Å²) in [7, 11) is 0. The average Bonchev–Trinajstić information content (AvgIpc) is 2.45. The Morgan fingerprint density at radius 2 is 2.14 bits per heavy atom. The lowest BCUT2D eigenvalue weighted by molar-refractivity contribution is -0.119. The van der Waals surface area contributed by atoms with Crippen molar-refractivity contribution in [2.24, 2.45) is 0 Å². The largest absolute Gasteiger partial charge is 0.423 e. The SMILES string of the molecule is [C-]#[N+]CC(=O)NNC(=S)Nc1ccc2c(C)cc(=O)oc2c1. The monoisotopic (exact) mass is 316 g/mol. The Bertz CT molecular complexity index is 838. The molecule has 22 heavy (non-hydrogen) atoms. The molecule has 7 nitrogen and oxygen atoms in total. The third-order valence-electron chi connectivity index (χ3n) is 2.75. The van der Waals surface area contributed by atoms with Gasteiger partial charge in [0.25, 0.3) is 6.54 Å². The highest BCUT2D eigenvalue weighted by molar-refractivity contribution is 7.80. The maximum atomic E-state index is 11.4. The lowest BCUT2D eigenvalue weighted by Gasteiger charge is -2.10. The van der Waals surface area contributed by atoms with Crippen LogP contribution in [0.3, 0.4) is 0 Å². The summed E-state index contributed by atoms with van der Waals surface area (Å²) < 4.78 is 5.13. The van der Waals surface area contributed by atoms with Gasteiger partial charge in [0.15, 0.2) is 5.11 Å². The molecule has 8 heteroatoms. The molecule has 1 aromatic heterocycles. The van der Waals surface area contributed by atoms with Crippen LogP contribution in [0.15, 0.2) is 33.5 Å². The second-order valence-electron chi connectivity index (χ2n) is 4.40. The standard InChI is InChI=1S/C14H12N4O3S/c1-8-5-13(20)21-11-6-9(3-4-10(8)11)16-14(22)18-17-12(19)7-15-2/h3-6H,7H2,1H3,(H,17,19)(H2,16,18,22). The second kappa shape index (κ2) is 6.69. The number of fused-ring (bicyclic) bond motifs is 1. The van der Waals surface area contributed by atoms with E-state index < -0.39 is 11.5 Å². The van der Waals surface area contributed by atoms with Gasteiger partial charge in [-0.3, -0.25) is 15.6 Å². The fourth-order valence-corrected chi connectivity index (χ4v) is 1.97. The maximum absolute atomic E-state index is 11.4. The number of amides is 1. The van der Waals surface area contributed by atoms with Gasteiger partial charge in [-0.25, -0.2) is 11.4 Å². The molecule has 3 N–H and O–H groups in total. The molecule has 0 bridgehead atoms. The van der Waals surface area contributed by atoms with Gasteiger partial charge in [0, 0.05) is 23.2 Å². The Morgan fingerprint density at radius 1 is 1.36 bits per heavy atom. The molecule has 0 unspecified atom stereocenters. The smallest absolute Gasteiger partial charge is 0.336 e. The summed E-state index contributed by atoms with van der Waals surface area (Å²) in [6.07, 6.45) is 0. The molecule has 2 rings (SSSR count). The Hall–Kier alpha value is -2.92. The van der Waals surface area contributed by atoms with E-state index in [4.69, 9.17) is 23.2 Å². The number of nitrogens with one attached hydrogen (secondary N) is 3. The van der Waals surface area contributed by atoms with Crippen molar-refractivity contribution in [3.05, 3.63) is 51.7 Å².